The number of sulfone groups is 1. The third-order valence-corrected chi connectivity index (χ3v) is 5.07. The van der Waals surface area contributed by atoms with E-state index in [4.69, 9.17) is 0 Å². The van der Waals surface area contributed by atoms with E-state index in [1.54, 1.807) is 0 Å². The summed E-state index contributed by atoms with van der Waals surface area (Å²) in [5, 5.41) is 2.83. The molecule has 1 aromatic rings. The SMILES string of the molecule is CCNC(=O)[C@H](c1ccccc1)N1CCS(=O)(=O)CC1. The molecule has 0 bridgehead atoms. The van der Waals surface area contributed by atoms with Crippen LogP contribution in [-0.4, -0.2) is 50.4 Å². The fourth-order valence-corrected chi connectivity index (χ4v) is 3.65. The Morgan fingerprint density at radius 1 is 1.25 bits per heavy atom. The summed E-state index contributed by atoms with van der Waals surface area (Å²) in [4.78, 5) is 14.2. The molecular formula is C14H20N2O3S. The number of rotatable bonds is 4. The summed E-state index contributed by atoms with van der Waals surface area (Å²) in [6, 6.07) is 9.08. The maximum atomic E-state index is 12.3. The first-order valence-corrected chi connectivity index (χ1v) is 8.63. The molecule has 5 nitrogen and oxygen atoms in total. The molecule has 1 N–H and O–H groups in total. The number of likely N-dealkylation sites (N-methyl/N-ethyl adjacent to an activating group) is 1. The van der Waals surface area contributed by atoms with Gasteiger partial charge in [-0.3, -0.25) is 9.69 Å². The van der Waals surface area contributed by atoms with Crippen molar-refractivity contribution < 1.29 is 13.2 Å². The van der Waals surface area contributed by atoms with Gasteiger partial charge in [-0.05, 0) is 12.5 Å². The first-order chi connectivity index (χ1) is 9.53. The lowest BCUT2D eigenvalue weighted by atomic mass is 10.0. The monoisotopic (exact) mass is 296 g/mol. The predicted octanol–water partition coefficient (Wildman–Crippen LogP) is 0.594. The van der Waals surface area contributed by atoms with E-state index >= 15 is 0 Å². The van der Waals surface area contributed by atoms with Crippen molar-refractivity contribution >= 4 is 15.7 Å². The van der Waals surface area contributed by atoms with Crippen molar-refractivity contribution in [3.05, 3.63) is 35.9 Å². The Balaban J connectivity index is 2.22. The second kappa shape index (κ2) is 6.37. The van der Waals surface area contributed by atoms with E-state index in [-0.39, 0.29) is 17.4 Å². The lowest BCUT2D eigenvalue weighted by Gasteiger charge is -2.33. The number of amides is 1. The van der Waals surface area contributed by atoms with Crippen molar-refractivity contribution in [3.8, 4) is 0 Å². The molecule has 1 aliphatic heterocycles. The molecule has 1 saturated heterocycles. The number of nitrogens with one attached hydrogen (secondary N) is 1. The van der Waals surface area contributed by atoms with Gasteiger partial charge < -0.3 is 5.32 Å². The Hall–Kier alpha value is -1.40. The van der Waals surface area contributed by atoms with Gasteiger partial charge in [0.1, 0.15) is 6.04 Å². The molecule has 6 heteroatoms. The number of carbonyl (C=O) groups excluding carboxylic acids is 1. The summed E-state index contributed by atoms with van der Waals surface area (Å²) in [7, 11) is -2.94. The molecule has 20 heavy (non-hydrogen) atoms. The smallest absolute Gasteiger partial charge is 0.241 e. The van der Waals surface area contributed by atoms with E-state index in [2.05, 4.69) is 5.32 Å². The normalized spacial score (nSPS) is 20.2. The lowest BCUT2D eigenvalue weighted by Crippen LogP contribution is -2.47. The molecule has 1 amide bonds. The topological polar surface area (TPSA) is 66.5 Å². The van der Waals surface area contributed by atoms with Crippen molar-refractivity contribution in [1.82, 2.24) is 10.2 Å². The summed E-state index contributed by atoms with van der Waals surface area (Å²) in [6.45, 7) is 3.24. The minimum atomic E-state index is -2.94. The van der Waals surface area contributed by atoms with Crippen LogP contribution >= 0.6 is 0 Å². The summed E-state index contributed by atoms with van der Waals surface area (Å²) < 4.78 is 23.0. The lowest BCUT2D eigenvalue weighted by molar-refractivity contribution is -0.126. The van der Waals surface area contributed by atoms with Crippen LogP contribution in [0.1, 0.15) is 18.5 Å². The van der Waals surface area contributed by atoms with Crippen molar-refractivity contribution in [2.24, 2.45) is 0 Å². The first-order valence-electron chi connectivity index (χ1n) is 6.80. The fourth-order valence-electron chi connectivity index (χ4n) is 2.42. The molecule has 2 rings (SSSR count). The van der Waals surface area contributed by atoms with Crippen LogP contribution in [0.2, 0.25) is 0 Å². The Kier molecular flexibility index (Phi) is 4.77. The average molecular weight is 296 g/mol. The van der Waals surface area contributed by atoms with Crippen molar-refractivity contribution in [2.75, 3.05) is 31.1 Å². The molecule has 0 spiro atoms. The van der Waals surface area contributed by atoms with E-state index < -0.39 is 15.9 Å². The third-order valence-electron chi connectivity index (χ3n) is 3.46. The standard InChI is InChI=1S/C14H20N2O3S/c1-2-15-14(17)13(12-6-4-3-5-7-12)16-8-10-20(18,19)11-9-16/h3-7,13H,2,8-11H2,1H3,(H,15,17)/t13-/m0/s1. The van der Waals surface area contributed by atoms with E-state index in [0.29, 0.717) is 19.6 Å². The zero-order chi connectivity index (χ0) is 14.6. The molecule has 0 aliphatic carbocycles. The molecule has 0 unspecified atom stereocenters. The molecule has 0 saturated carbocycles. The van der Waals surface area contributed by atoms with Crippen LogP contribution in [0.3, 0.4) is 0 Å². The minimum Gasteiger partial charge on any atom is -0.355 e. The van der Waals surface area contributed by atoms with Gasteiger partial charge in [0.05, 0.1) is 11.5 Å². The molecule has 1 fully saturated rings. The largest absolute Gasteiger partial charge is 0.355 e. The highest BCUT2D eigenvalue weighted by atomic mass is 32.2. The van der Waals surface area contributed by atoms with Crippen LogP contribution in [0.5, 0.6) is 0 Å². The minimum absolute atomic E-state index is 0.0713. The van der Waals surface area contributed by atoms with Gasteiger partial charge in [0.15, 0.2) is 9.84 Å². The highest BCUT2D eigenvalue weighted by Crippen LogP contribution is 2.23. The second-order valence-electron chi connectivity index (χ2n) is 4.90. The molecule has 1 aromatic carbocycles. The molecule has 0 radical (unpaired) electrons. The Morgan fingerprint density at radius 2 is 1.85 bits per heavy atom. The van der Waals surface area contributed by atoms with Gasteiger partial charge >= 0.3 is 0 Å². The molecule has 110 valence electrons. The van der Waals surface area contributed by atoms with Crippen LogP contribution in [0.4, 0.5) is 0 Å². The number of hydrogen-bond donors (Lipinski definition) is 1. The fraction of sp³-hybridized carbons (Fsp3) is 0.500. The quantitative estimate of drug-likeness (QED) is 0.883. The van der Waals surface area contributed by atoms with Crippen molar-refractivity contribution in [2.45, 2.75) is 13.0 Å². The maximum absolute atomic E-state index is 12.3. The van der Waals surface area contributed by atoms with Gasteiger partial charge in [-0.25, -0.2) is 8.42 Å². The predicted molar refractivity (Wildman–Crippen MR) is 78.1 cm³/mol. The van der Waals surface area contributed by atoms with Gasteiger partial charge in [0.2, 0.25) is 5.91 Å². The number of carbonyl (C=O) groups is 1. The Morgan fingerprint density at radius 3 is 2.40 bits per heavy atom. The van der Waals surface area contributed by atoms with E-state index in [1.165, 1.54) is 0 Å². The molecule has 1 heterocycles. The number of nitrogens with zero attached hydrogens (tertiary/aromatic N) is 1. The Bertz CT molecular complexity index is 543. The summed E-state index contributed by atoms with van der Waals surface area (Å²) >= 11 is 0. The van der Waals surface area contributed by atoms with Crippen LogP contribution < -0.4 is 5.32 Å². The van der Waals surface area contributed by atoms with Gasteiger partial charge in [0, 0.05) is 19.6 Å². The highest BCUT2D eigenvalue weighted by Gasteiger charge is 2.32. The summed E-state index contributed by atoms with van der Waals surface area (Å²) in [5.74, 6) is 0.170. The Labute approximate surface area is 119 Å². The van der Waals surface area contributed by atoms with Gasteiger partial charge in [0.25, 0.3) is 0 Å². The number of benzene rings is 1. The van der Waals surface area contributed by atoms with Crippen LogP contribution in [0.25, 0.3) is 0 Å². The molecule has 1 atom stereocenters. The van der Waals surface area contributed by atoms with Gasteiger partial charge in [-0.1, -0.05) is 30.3 Å². The van der Waals surface area contributed by atoms with Crippen LogP contribution in [-0.2, 0) is 14.6 Å². The highest BCUT2D eigenvalue weighted by molar-refractivity contribution is 7.91. The van der Waals surface area contributed by atoms with Gasteiger partial charge in [-0.15, -0.1) is 0 Å². The van der Waals surface area contributed by atoms with Crippen molar-refractivity contribution in [1.29, 1.82) is 0 Å². The maximum Gasteiger partial charge on any atom is 0.241 e. The van der Waals surface area contributed by atoms with E-state index in [0.717, 1.165) is 5.56 Å². The summed E-state index contributed by atoms with van der Waals surface area (Å²) in [6.07, 6.45) is 0. The molecule has 0 aromatic heterocycles. The zero-order valence-corrected chi connectivity index (χ0v) is 12.4. The van der Waals surface area contributed by atoms with Crippen molar-refractivity contribution in [3.63, 3.8) is 0 Å². The number of hydrogen-bond acceptors (Lipinski definition) is 4. The average Bonchev–Trinajstić information content (AvgIpc) is 2.42. The van der Waals surface area contributed by atoms with Crippen LogP contribution in [0, 0.1) is 0 Å². The second-order valence-corrected chi connectivity index (χ2v) is 7.20. The molecular weight excluding hydrogens is 276 g/mol. The van der Waals surface area contributed by atoms with E-state index in [9.17, 15) is 13.2 Å². The first kappa shape index (κ1) is 15.0. The van der Waals surface area contributed by atoms with E-state index in [1.807, 2.05) is 42.2 Å². The zero-order valence-electron chi connectivity index (χ0n) is 11.6. The summed E-state index contributed by atoms with van der Waals surface area (Å²) in [5.41, 5.74) is 0.901. The third kappa shape index (κ3) is 3.58. The molecule has 1 aliphatic rings. The van der Waals surface area contributed by atoms with Gasteiger partial charge in [-0.2, -0.15) is 0 Å². The van der Waals surface area contributed by atoms with Crippen LogP contribution in [0.15, 0.2) is 30.3 Å².